The lowest BCUT2D eigenvalue weighted by Crippen LogP contribution is -2.30. The molecule has 0 aliphatic heterocycles. The molecule has 0 spiro atoms. The third-order valence-electron chi connectivity index (χ3n) is 3.34. The molecule has 0 aliphatic carbocycles. The molecule has 102 valence electrons. The third kappa shape index (κ3) is 3.42. The van der Waals surface area contributed by atoms with Crippen LogP contribution in [0.4, 0.5) is 0 Å². The molecule has 0 radical (unpaired) electrons. The van der Waals surface area contributed by atoms with Crippen LogP contribution in [0, 0.1) is 6.92 Å². The van der Waals surface area contributed by atoms with E-state index in [0.717, 1.165) is 23.0 Å². The van der Waals surface area contributed by atoms with Gasteiger partial charge in [0.05, 0.1) is 15.9 Å². The zero-order valence-electron chi connectivity index (χ0n) is 11.5. The van der Waals surface area contributed by atoms with Crippen LogP contribution < -0.4 is 5.32 Å². The fourth-order valence-electron chi connectivity index (χ4n) is 2.21. The Kier molecular flexibility index (Phi) is 4.71. The quantitative estimate of drug-likeness (QED) is 0.918. The van der Waals surface area contributed by atoms with Gasteiger partial charge in [-0.05, 0) is 54.0 Å². The van der Waals surface area contributed by atoms with Crippen molar-refractivity contribution in [3.63, 3.8) is 0 Å². The molecule has 0 saturated heterocycles. The summed E-state index contributed by atoms with van der Waals surface area (Å²) in [6, 6.07) is 4.51. The highest BCUT2D eigenvalue weighted by Gasteiger charge is 2.16. The van der Waals surface area contributed by atoms with Gasteiger partial charge in [0.25, 0.3) is 0 Å². The smallest absolute Gasteiger partial charge is 0.0738 e. The summed E-state index contributed by atoms with van der Waals surface area (Å²) < 4.78 is 3.07. The van der Waals surface area contributed by atoms with Crippen LogP contribution in [0.25, 0.3) is 0 Å². The van der Waals surface area contributed by atoms with E-state index in [0.29, 0.717) is 6.04 Å². The van der Waals surface area contributed by atoms with Crippen LogP contribution in [0.5, 0.6) is 0 Å². The second-order valence-electron chi connectivity index (χ2n) is 4.72. The minimum absolute atomic E-state index is 0.383. The van der Waals surface area contributed by atoms with Crippen molar-refractivity contribution in [2.75, 3.05) is 7.05 Å². The molecule has 2 aromatic heterocycles. The number of pyridine rings is 1. The first kappa shape index (κ1) is 14.2. The van der Waals surface area contributed by atoms with Crippen molar-refractivity contribution in [1.82, 2.24) is 20.1 Å². The van der Waals surface area contributed by atoms with Crippen molar-refractivity contribution in [3.05, 3.63) is 46.0 Å². The average Bonchev–Trinajstić information content (AvgIpc) is 2.65. The van der Waals surface area contributed by atoms with Gasteiger partial charge < -0.3 is 5.32 Å². The highest BCUT2D eigenvalue weighted by molar-refractivity contribution is 9.10. The molecule has 0 fully saturated rings. The summed E-state index contributed by atoms with van der Waals surface area (Å²) in [6.45, 7) is 2.02. The molecule has 4 nitrogen and oxygen atoms in total. The number of rotatable bonds is 5. The molecule has 2 heterocycles. The van der Waals surface area contributed by atoms with E-state index >= 15 is 0 Å². The molecule has 0 aliphatic rings. The number of aromatic nitrogens is 3. The topological polar surface area (TPSA) is 42.7 Å². The molecule has 0 aromatic carbocycles. The molecule has 1 unspecified atom stereocenters. The first-order valence-electron chi connectivity index (χ1n) is 6.36. The van der Waals surface area contributed by atoms with Gasteiger partial charge in [-0.1, -0.05) is 0 Å². The van der Waals surface area contributed by atoms with E-state index in [1.54, 1.807) is 0 Å². The summed E-state index contributed by atoms with van der Waals surface area (Å²) in [4.78, 5) is 4.05. The predicted molar refractivity (Wildman–Crippen MR) is 80.1 cm³/mol. The van der Waals surface area contributed by atoms with Gasteiger partial charge in [-0.3, -0.25) is 9.67 Å². The summed E-state index contributed by atoms with van der Waals surface area (Å²) in [5.41, 5.74) is 3.56. The number of likely N-dealkylation sites (N-methyl/N-ethyl adjacent to an activating group) is 1. The second-order valence-corrected chi connectivity index (χ2v) is 5.51. The van der Waals surface area contributed by atoms with E-state index in [-0.39, 0.29) is 0 Å². The molecule has 0 amide bonds. The van der Waals surface area contributed by atoms with Gasteiger partial charge in [-0.25, -0.2) is 0 Å². The van der Waals surface area contributed by atoms with Crippen molar-refractivity contribution in [3.8, 4) is 0 Å². The Balaban J connectivity index is 2.11. The lowest BCUT2D eigenvalue weighted by molar-refractivity contribution is 0.532. The second kappa shape index (κ2) is 6.30. The van der Waals surface area contributed by atoms with E-state index in [1.165, 1.54) is 11.3 Å². The Morgan fingerprint density at radius 1 is 1.32 bits per heavy atom. The molecular weight excluding hydrogens is 304 g/mol. The van der Waals surface area contributed by atoms with E-state index < -0.39 is 0 Å². The van der Waals surface area contributed by atoms with Crippen LogP contribution in [-0.4, -0.2) is 27.9 Å². The van der Waals surface area contributed by atoms with Crippen molar-refractivity contribution in [2.24, 2.45) is 7.05 Å². The maximum Gasteiger partial charge on any atom is 0.0738 e. The van der Waals surface area contributed by atoms with Crippen LogP contribution in [0.15, 0.2) is 29.0 Å². The lowest BCUT2D eigenvalue weighted by Gasteiger charge is -2.16. The molecule has 0 saturated carbocycles. The SMILES string of the molecule is CNC(Cc1ccncc1)Cc1c(Br)c(C)nn1C. The van der Waals surface area contributed by atoms with Crippen LogP contribution in [-0.2, 0) is 19.9 Å². The van der Waals surface area contributed by atoms with Gasteiger partial charge in [0.1, 0.15) is 0 Å². The van der Waals surface area contributed by atoms with Crippen molar-refractivity contribution >= 4 is 15.9 Å². The van der Waals surface area contributed by atoms with Gasteiger partial charge in [-0.2, -0.15) is 5.10 Å². The Morgan fingerprint density at radius 2 is 2.00 bits per heavy atom. The van der Waals surface area contributed by atoms with E-state index in [2.05, 4.69) is 43.5 Å². The highest BCUT2D eigenvalue weighted by Crippen LogP contribution is 2.22. The molecule has 5 heteroatoms. The Morgan fingerprint density at radius 3 is 2.53 bits per heavy atom. The van der Waals surface area contributed by atoms with Crippen LogP contribution in [0.2, 0.25) is 0 Å². The predicted octanol–water partition coefficient (Wildman–Crippen LogP) is 2.26. The maximum absolute atomic E-state index is 4.44. The summed E-state index contributed by atoms with van der Waals surface area (Å²) in [5.74, 6) is 0. The number of nitrogens with zero attached hydrogens (tertiary/aromatic N) is 3. The van der Waals surface area contributed by atoms with Gasteiger partial charge in [0.15, 0.2) is 0 Å². The summed E-state index contributed by atoms with van der Waals surface area (Å²) in [6.07, 6.45) is 5.60. The number of nitrogens with one attached hydrogen (secondary N) is 1. The summed E-state index contributed by atoms with van der Waals surface area (Å²) in [5, 5.41) is 7.82. The van der Waals surface area contributed by atoms with E-state index in [1.807, 2.05) is 38.1 Å². The molecule has 2 rings (SSSR count). The minimum Gasteiger partial charge on any atom is -0.316 e. The number of aryl methyl sites for hydroxylation is 2. The standard InChI is InChI=1S/C14H19BrN4/c1-10-14(15)13(19(3)18-10)9-12(16-2)8-11-4-6-17-7-5-11/h4-7,12,16H,8-9H2,1-3H3. The lowest BCUT2D eigenvalue weighted by atomic mass is 10.0. The van der Waals surface area contributed by atoms with Crippen LogP contribution in [0.3, 0.4) is 0 Å². The van der Waals surface area contributed by atoms with E-state index in [4.69, 9.17) is 0 Å². The molecule has 0 bridgehead atoms. The normalized spacial score (nSPS) is 12.6. The third-order valence-corrected chi connectivity index (χ3v) is 4.37. The Bertz CT molecular complexity index is 536. The summed E-state index contributed by atoms with van der Waals surface area (Å²) in [7, 11) is 4.00. The first-order chi connectivity index (χ1) is 9.11. The number of hydrogen-bond acceptors (Lipinski definition) is 3. The average molecular weight is 323 g/mol. The molecular formula is C14H19BrN4. The first-order valence-corrected chi connectivity index (χ1v) is 7.15. The molecule has 2 aromatic rings. The largest absolute Gasteiger partial charge is 0.316 e. The fourth-order valence-corrected chi connectivity index (χ4v) is 2.71. The molecule has 1 atom stereocenters. The van der Waals surface area contributed by atoms with Gasteiger partial charge >= 0.3 is 0 Å². The monoisotopic (exact) mass is 322 g/mol. The molecule has 1 N–H and O–H groups in total. The van der Waals surface area contributed by atoms with Gasteiger partial charge in [0, 0.05) is 31.9 Å². The van der Waals surface area contributed by atoms with Crippen molar-refractivity contribution in [1.29, 1.82) is 0 Å². The van der Waals surface area contributed by atoms with Crippen LogP contribution in [0.1, 0.15) is 17.0 Å². The fraction of sp³-hybridized carbons (Fsp3) is 0.429. The number of halogens is 1. The van der Waals surface area contributed by atoms with Gasteiger partial charge in [0.2, 0.25) is 0 Å². The minimum atomic E-state index is 0.383. The summed E-state index contributed by atoms with van der Waals surface area (Å²) >= 11 is 3.62. The zero-order valence-corrected chi connectivity index (χ0v) is 13.1. The number of hydrogen-bond donors (Lipinski definition) is 1. The maximum atomic E-state index is 4.44. The van der Waals surface area contributed by atoms with E-state index in [9.17, 15) is 0 Å². The molecule has 19 heavy (non-hydrogen) atoms. The Labute approximate surface area is 122 Å². The van der Waals surface area contributed by atoms with Crippen LogP contribution >= 0.6 is 15.9 Å². The van der Waals surface area contributed by atoms with Crippen molar-refractivity contribution in [2.45, 2.75) is 25.8 Å². The highest BCUT2D eigenvalue weighted by atomic mass is 79.9. The Hall–Kier alpha value is -1.20. The zero-order chi connectivity index (χ0) is 13.8. The van der Waals surface area contributed by atoms with Crippen molar-refractivity contribution < 1.29 is 0 Å². The van der Waals surface area contributed by atoms with Gasteiger partial charge in [-0.15, -0.1) is 0 Å².